The zero-order chi connectivity index (χ0) is 23.6. The first kappa shape index (κ1) is 23.4. The Labute approximate surface area is 196 Å². The van der Waals surface area contributed by atoms with Gasteiger partial charge in [0.2, 0.25) is 0 Å². The van der Waals surface area contributed by atoms with E-state index in [1.54, 1.807) is 49.4 Å². The van der Waals surface area contributed by atoms with E-state index in [2.05, 4.69) is 21.2 Å². The normalized spacial score (nSPS) is 11.2. The summed E-state index contributed by atoms with van der Waals surface area (Å²) in [6.07, 6.45) is 3.55. The third kappa shape index (κ3) is 7.15. The van der Waals surface area contributed by atoms with Gasteiger partial charge in [0.25, 0.3) is 5.91 Å². The minimum atomic E-state index is -0.963. The molecule has 0 aliphatic carbocycles. The van der Waals surface area contributed by atoms with E-state index < -0.39 is 17.7 Å². The van der Waals surface area contributed by atoms with Gasteiger partial charge in [0.15, 0.2) is 0 Å². The Bertz CT molecular complexity index is 1210. The van der Waals surface area contributed by atoms with Crippen LogP contribution < -0.4 is 16.1 Å². The van der Waals surface area contributed by atoms with Crippen LogP contribution in [0.3, 0.4) is 0 Å². The second-order valence-electron chi connectivity index (χ2n) is 6.90. The Morgan fingerprint density at radius 3 is 2.21 bits per heavy atom. The number of carbonyl (C=O) groups excluding carboxylic acids is 3. The van der Waals surface area contributed by atoms with Crippen molar-refractivity contribution in [1.82, 2.24) is 5.43 Å². The Kier molecular flexibility index (Phi) is 8.10. The number of nitrogens with one attached hydrogen (secondary N) is 3. The van der Waals surface area contributed by atoms with Gasteiger partial charge in [-0.15, -0.1) is 0 Å². The molecule has 3 amide bonds. The van der Waals surface area contributed by atoms with E-state index in [1.165, 1.54) is 12.1 Å². The minimum absolute atomic E-state index is 0.189. The van der Waals surface area contributed by atoms with Crippen LogP contribution in [0.5, 0.6) is 0 Å². The first-order valence-corrected chi connectivity index (χ1v) is 10.3. The summed E-state index contributed by atoms with van der Waals surface area (Å²) in [5.74, 6) is -2.37. The molecule has 0 saturated heterocycles. The number of hydrazone groups is 1. The molecular weight excluding hydrogens is 440 g/mol. The second-order valence-corrected chi connectivity index (χ2v) is 7.34. The van der Waals surface area contributed by atoms with Gasteiger partial charge in [0.05, 0.1) is 17.0 Å². The molecule has 0 heterocycles. The summed E-state index contributed by atoms with van der Waals surface area (Å²) >= 11 is 5.86. The van der Waals surface area contributed by atoms with Gasteiger partial charge in [0, 0.05) is 10.7 Å². The van der Waals surface area contributed by atoms with Crippen molar-refractivity contribution in [3.05, 3.63) is 101 Å². The Morgan fingerprint density at radius 2 is 1.48 bits per heavy atom. The lowest BCUT2D eigenvalue weighted by Crippen LogP contribution is -2.33. The van der Waals surface area contributed by atoms with Crippen LogP contribution in [0, 0.1) is 0 Å². The molecule has 33 heavy (non-hydrogen) atoms. The molecule has 0 bridgehead atoms. The number of benzene rings is 3. The van der Waals surface area contributed by atoms with Gasteiger partial charge < -0.3 is 10.6 Å². The topological polar surface area (TPSA) is 99.7 Å². The summed E-state index contributed by atoms with van der Waals surface area (Å²) in [6.45, 7) is 1.69. The highest BCUT2D eigenvalue weighted by atomic mass is 35.5. The highest BCUT2D eigenvalue weighted by Crippen LogP contribution is 2.19. The number of allylic oxidation sites excluding steroid dienone is 1. The predicted octanol–water partition coefficient (Wildman–Crippen LogP) is 4.74. The monoisotopic (exact) mass is 460 g/mol. The summed E-state index contributed by atoms with van der Waals surface area (Å²) in [6, 6.07) is 22.5. The second kappa shape index (κ2) is 11.4. The number of amides is 3. The van der Waals surface area contributed by atoms with Crippen molar-refractivity contribution in [2.45, 2.75) is 6.92 Å². The average Bonchev–Trinajstić information content (AvgIpc) is 2.83. The lowest BCUT2D eigenvalue weighted by Gasteiger charge is -2.11. The summed E-state index contributed by atoms with van der Waals surface area (Å²) in [5, 5.41) is 9.61. The van der Waals surface area contributed by atoms with Crippen LogP contribution in [0.2, 0.25) is 5.02 Å². The summed E-state index contributed by atoms with van der Waals surface area (Å²) in [7, 11) is 0. The van der Waals surface area contributed by atoms with Gasteiger partial charge in [0.1, 0.15) is 0 Å². The number of halogens is 1. The van der Waals surface area contributed by atoms with Gasteiger partial charge >= 0.3 is 11.8 Å². The number of para-hydroxylation sites is 1. The van der Waals surface area contributed by atoms with Crippen molar-refractivity contribution < 1.29 is 14.4 Å². The van der Waals surface area contributed by atoms with E-state index in [0.717, 1.165) is 5.56 Å². The third-order valence-electron chi connectivity index (χ3n) is 4.38. The van der Waals surface area contributed by atoms with Crippen LogP contribution in [0.15, 0.2) is 90.0 Å². The fourth-order valence-corrected chi connectivity index (χ4v) is 2.83. The minimum Gasteiger partial charge on any atom is -0.322 e. The third-order valence-corrected chi connectivity index (χ3v) is 4.63. The quantitative estimate of drug-likeness (QED) is 0.281. The highest BCUT2D eigenvalue weighted by molar-refractivity contribution is 6.40. The molecule has 3 aromatic carbocycles. The predicted molar refractivity (Wildman–Crippen MR) is 131 cm³/mol. The van der Waals surface area contributed by atoms with Crippen molar-refractivity contribution in [2.24, 2.45) is 5.10 Å². The fraction of sp³-hybridized carbons (Fsp3) is 0.0400. The molecule has 0 spiro atoms. The SMILES string of the molecule is CC(/C=C/c1ccccc1)=N\NC(=O)C(=O)Nc1ccccc1C(=O)Nc1ccc(Cl)cc1. The average molecular weight is 461 g/mol. The van der Waals surface area contributed by atoms with Gasteiger partial charge in [-0.3, -0.25) is 14.4 Å². The van der Waals surface area contributed by atoms with Crippen molar-refractivity contribution in [3.63, 3.8) is 0 Å². The van der Waals surface area contributed by atoms with Gasteiger partial charge in [-0.1, -0.05) is 60.1 Å². The molecule has 0 aliphatic rings. The maximum atomic E-state index is 12.6. The Hall–Kier alpha value is -4.23. The number of anilines is 2. The number of hydrogen-bond donors (Lipinski definition) is 3. The molecule has 0 radical (unpaired) electrons. The molecule has 3 rings (SSSR count). The van der Waals surface area contributed by atoms with E-state index in [-0.39, 0.29) is 11.3 Å². The van der Waals surface area contributed by atoms with Crippen LogP contribution >= 0.6 is 11.6 Å². The molecular formula is C25H21ClN4O3. The lowest BCUT2D eigenvalue weighted by molar-refractivity contribution is -0.136. The maximum absolute atomic E-state index is 12.6. The molecule has 0 saturated carbocycles. The molecule has 0 fully saturated rings. The Morgan fingerprint density at radius 1 is 0.818 bits per heavy atom. The van der Waals surface area contributed by atoms with Crippen LogP contribution in [0.25, 0.3) is 6.08 Å². The molecule has 0 aliphatic heterocycles. The van der Waals surface area contributed by atoms with Crippen molar-refractivity contribution in [3.8, 4) is 0 Å². The van der Waals surface area contributed by atoms with Crippen LogP contribution in [-0.4, -0.2) is 23.4 Å². The molecule has 166 valence electrons. The number of carbonyl (C=O) groups is 3. The maximum Gasteiger partial charge on any atom is 0.329 e. The summed E-state index contributed by atoms with van der Waals surface area (Å²) in [5.41, 5.74) is 4.61. The van der Waals surface area contributed by atoms with Crippen molar-refractivity contribution in [1.29, 1.82) is 0 Å². The van der Waals surface area contributed by atoms with Crippen LogP contribution in [0.4, 0.5) is 11.4 Å². The standard InChI is InChI=1S/C25H21ClN4O3/c1-17(11-12-18-7-3-2-4-8-18)29-30-25(33)24(32)28-22-10-6-5-9-21(22)23(31)27-20-15-13-19(26)14-16-20/h2-16H,1H3,(H,27,31)(H,28,32)(H,30,33)/b12-11+,29-17+. The number of hydrogen-bond acceptors (Lipinski definition) is 4. The van der Waals surface area contributed by atoms with Crippen LogP contribution in [0.1, 0.15) is 22.8 Å². The molecule has 3 N–H and O–H groups in total. The van der Waals surface area contributed by atoms with Crippen LogP contribution in [-0.2, 0) is 9.59 Å². The van der Waals surface area contributed by atoms with Crippen molar-refractivity contribution >= 4 is 52.5 Å². The first-order valence-electron chi connectivity index (χ1n) is 9.97. The van der Waals surface area contributed by atoms with E-state index in [9.17, 15) is 14.4 Å². The zero-order valence-electron chi connectivity index (χ0n) is 17.7. The molecule has 3 aromatic rings. The molecule has 0 aromatic heterocycles. The van der Waals surface area contributed by atoms with E-state index in [4.69, 9.17) is 11.6 Å². The molecule has 0 atom stereocenters. The zero-order valence-corrected chi connectivity index (χ0v) is 18.5. The van der Waals surface area contributed by atoms with E-state index in [0.29, 0.717) is 16.4 Å². The largest absolute Gasteiger partial charge is 0.329 e. The van der Waals surface area contributed by atoms with E-state index >= 15 is 0 Å². The number of nitrogens with zero attached hydrogens (tertiary/aromatic N) is 1. The first-order chi connectivity index (χ1) is 15.9. The molecule has 8 heteroatoms. The summed E-state index contributed by atoms with van der Waals surface area (Å²) < 4.78 is 0. The Balaban J connectivity index is 1.61. The smallest absolute Gasteiger partial charge is 0.322 e. The van der Waals surface area contributed by atoms with E-state index in [1.807, 2.05) is 36.4 Å². The summed E-state index contributed by atoms with van der Waals surface area (Å²) in [4.78, 5) is 37.1. The van der Waals surface area contributed by atoms with Gasteiger partial charge in [-0.2, -0.15) is 5.10 Å². The lowest BCUT2D eigenvalue weighted by atomic mass is 10.1. The van der Waals surface area contributed by atoms with Gasteiger partial charge in [-0.25, -0.2) is 5.43 Å². The molecule has 0 unspecified atom stereocenters. The highest BCUT2D eigenvalue weighted by Gasteiger charge is 2.18. The van der Waals surface area contributed by atoms with Crippen molar-refractivity contribution in [2.75, 3.05) is 10.6 Å². The molecule has 7 nitrogen and oxygen atoms in total. The van der Waals surface area contributed by atoms with Gasteiger partial charge in [-0.05, 0) is 55.0 Å². The number of rotatable bonds is 6. The fourth-order valence-electron chi connectivity index (χ4n) is 2.71.